The van der Waals surface area contributed by atoms with Crippen molar-refractivity contribution in [2.45, 2.75) is 33.6 Å². The number of rotatable bonds is 1. The molecule has 1 fully saturated rings. The lowest BCUT2D eigenvalue weighted by Gasteiger charge is -2.31. The van der Waals surface area contributed by atoms with E-state index in [0.29, 0.717) is 0 Å². The van der Waals surface area contributed by atoms with Crippen LogP contribution >= 0.6 is 11.8 Å². The molecule has 0 aromatic heterocycles. The van der Waals surface area contributed by atoms with Gasteiger partial charge in [0.05, 0.1) is 10.7 Å². The molecule has 0 saturated carbocycles. The SMILES string of the molecule is C=C1SC(=Nc2ccc(C)cc2)CCC1(C)C. The number of aliphatic imine (C=N–C) groups is 1. The van der Waals surface area contributed by atoms with Gasteiger partial charge in [-0.1, -0.05) is 49.9 Å². The first-order chi connectivity index (χ1) is 7.97. The van der Waals surface area contributed by atoms with E-state index in [-0.39, 0.29) is 5.41 Å². The summed E-state index contributed by atoms with van der Waals surface area (Å²) in [5.74, 6) is 0. The summed E-state index contributed by atoms with van der Waals surface area (Å²) in [7, 11) is 0. The number of nitrogens with zero attached hydrogens (tertiary/aromatic N) is 1. The van der Waals surface area contributed by atoms with Crippen molar-refractivity contribution in [3.63, 3.8) is 0 Å². The van der Waals surface area contributed by atoms with E-state index in [1.807, 2.05) is 0 Å². The molecule has 0 spiro atoms. The highest BCUT2D eigenvalue weighted by Gasteiger charge is 2.28. The summed E-state index contributed by atoms with van der Waals surface area (Å²) in [5.41, 5.74) is 2.57. The van der Waals surface area contributed by atoms with Crippen LogP contribution < -0.4 is 0 Å². The molecule has 1 aliphatic heterocycles. The van der Waals surface area contributed by atoms with E-state index in [4.69, 9.17) is 4.99 Å². The van der Waals surface area contributed by atoms with Gasteiger partial charge in [-0.05, 0) is 42.2 Å². The highest BCUT2D eigenvalue weighted by atomic mass is 32.2. The predicted molar refractivity (Wildman–Crippen MR) is 78.0 cm³/mol. The quantitative estimate of drug-likeness (QED) is 0.671. The van der Waals surface area contributed by atoms with Crippen LogP contribution in [-0.2, 0) is 0 Å². The highest BCUT2D eigenvalue weighted by molar-refractivity contribution is 8.17. The Morgan fingerprint density at radius 1 is 1.24 bits per heavy atom. The van der Waals surface area contributed by atoms with E-state index in [1.54, 1.807) is 11.8 Å². The summed E-state index contributed by atoms with van der Waals surface area (Å²) in [6.07, 6.45) is 2.20. The zero-order valence-electron chi connectivity index (χ0n) is 10.8. The van der Waals surface area contributed by atoms with E-state index >= 15 is 0 Å². The lowest BCUT2D eigenvalue weighted by molar-refractivity contribution is 0.438. The van der Waals surface area contributed by atoms with Crippen LogP contribution in [-0.4, -0.2) is 5.04 Å². The fourth-order valence-electron chi connectivity index (χ4n) is 1.73. The Morgan fingerprint density at radius 2 is 1.88 bits per heavy atom. The van der Waals surface area contributed by atoms with Gasteiger partial charge >= 0.3 is 0 Å². The van der Waals surface area contributed by atoms with Gasteiger partial charge in [-0.3, -0.25) is 0 Å². The molecule has 2 heteroatoms. The molecule has 0 bridgehead atoms. The van der Waals surface area contributed by atoms with Gasteiger partial charge in [0.25, 0.3) is 0 Å². The Bertz CT molecular complexity index is 454. The maximum atomic E-state index is 4.69. The third-order valence-corrected chi connectivity index (χ3v) is 4.58. The molecular weight excluding hydrogens is 226 g/mol. The summed E-state index contributed by atoms with van der Waals surface area (Å²) >= 11 is 1.75. The van der Waals surface area contributed by atoms with Crippen LogP contribution in [0, 0.1) is 12.3 Å². The molecule has 0 N–H and O–H groups in total. The van der Waals surface area contributed by atoms with E-state index in [9.17, 15) is 0 Å². The number of hydrogen-bond donors (Lipinski definition) is 0. The molecule has 1 heterocycles. The molecule has 1 saturated heterocycles. The third-order valence-electron chi connectivity index (χ3n) is 3.25. The Balaban J connectivity index is 2.14. The fourth-order valence-corrected chi connectivity index (χ4v) is 2.75. The van der Waals surface area contributed by atoms with Gasteiger partial charge in [0.2, 0.25) is 0 Å². The van der Waals surface area contributed by atoms with Gasteiger partial charge in [0.1, 0.15) is 0 Å². The second-order valence-electron chi connectivity index (χ2n) is 5.25. The largest absolute Gasteiger partial charge is 0.246 e. The summed E-state index contributed by atoms with van der Waals surface area (Å²) in [4.78, 5) is 5.93. The van der Waals surface area contributed by atoms with Gasteiger partial charge in [-0.2, -0.15) is 0 Å². The minimum Gasteiger partial charge on any atom is -0.246 e. The molecule has 17 heavy (non-hydrogen) atoms. The lowest BCUT2D eigenvalue weighted by atomic mass is 9.87. The van der Waals surface area contributed by atoms with Crippen molar-refractivity contribution < 1.29 is 0 Å². The molecule has 0 atom stereocenters. The monoisotopic (exact) mass is 245 g/mol. The minimum atomic E-state index is 0.247. The van der Waals surface area contributed by atoms with Crippen molar-refractivity contribution in [3.05, 3.63) is 41.3 Å². The highest BCUT2D eigenvalue weighted by Crippen LogP contribution is 2.44. The molecule has 0 amide bonds. The Labute approximate surface area is 108 Å². The molecule has 2 rings (SSSR count). The smallest absolute Gasteiger partial charge is 0.0783 e. The van der Waals surface area contributed by atoms with Gasteiger partial charge < -0.3 is 0 Å². The normalized spacial score (nSPS) is 21.8. The molecule has 0 radical (unpaired) electrons. The van der Waals surface area contributed by atoms with Crippen molar-refractivity contribution in [2.24, 2.45) is 10.4 Å². The summed E-state index contributed by atoms with van der Waals surface area (Å²) < 4.78 is 0. The molecule has 1 aromatic rings. The zero-order valence-corrected chi connectivity index (χ0v) is 11.6. The predicted octanol–water partition coefficient (Wildman–Crippen LogP) is 5.09. The van der Waals surface area contributed by atoms with Gasteiger partial charge in [-0.25, -0.2) is 4.99 Å². The maximum absolute atomic E-state index is 4.69. The van der Waals surface area contributed by atoms with Crippen molar-refractivity contribution in [2.75, 3.05) is 0 Å². The lowest BCUT2D eigenvalue weighted by Crippen LogP contribution is -2.19. The topological polar surface area (TPSA) is 12.4 Å². The summed E-state index contributed by atoms with van der Waals surface area (Å²) in [5, 5.41) is 1.19. The van der Waals surface area contributed by atoms with E-state index in [2.05, 4.69) is 51.6 Å². The van der Waals surface area contributed by atoms with Crippen LogP contribution in [0.5, 0.6) is 0 Å². The van der Waals surface area contributed by atoms with Crippen LogP contribution in [0.1, 0.15) is 32.3 Å². The Morgan fingerprint density at radius 3 is 2.47 bits per heavy atom. The standard InChI is InChI=1S/C15H19NS/c1-11-5-7-13(8-6-11)16-14-9-10-15(3,4)12(2)17-14/h5-8H,2,9-10H2,1,3-4H3. The van der Waals surface area contributed by atoms with E-state index in [1.165, 1.54) is 15.5 Å². The van der Waals surface area contributed by atoms with Gasteiger partial charge in [0.15, 0.2) is 0 Å². The molecule has 0 aliphatic carbocycles. The number of benzene rings is 1. The maximum Gasteiger partial charge on any atom is 0.0783 e. The first kappa shape index (κ1) is 12.4. The van der Waals surface area contributed by atoms with Crippen LogP contribution in [0.25, 0.3) is 0 Å². The van der Waals surface area contributed by atoms with Crippen LogP contribution in [0.2, 0.25) is 0 Å². The Hall–Kier alpha value is -1.02. The molecule has 0 unspecified atom stereocenters. The van der Waals surface area contributed by atoms with Crippen LogP contribution in [0.15, 0.2) is 40.7 Å². The van der Waals surface area contributed by atoms with Crippen molar-refractivity contribution in [1.82, 2.24) is 0 Å². The van der Waals surface area contributed by atoms with E-state index in [0.717, 1.165) is 18.5 Å². The molecule has 90 valence electrons. The summed E-state index contributed by atoms with van der Waals surface area (Å²) in [6, 6.07) is 8.36. The average molecular weight is 245 g/mol. The van der Waals surface area contributed by atoms with Crippen molar-refractivity contribution in [3.8, 4) is 0 Å². The molecular formula is C15H19NS. The third kappa shape index (κ3) is 3.01. The van der Waals surface area contributed by atoms with Crippen molar-refractivity contribution >= 4 is 22.5 Å². The second kappa shape index (κ2) is 4.69. The van der Waals surface area contributed by atoms with Gasteiger partial charge in [-0.15, -0.1) is 0 Å². The molecule has 1 nitrogen and oxygen atoms in total. The van der Waals surface area contributed by atoms with Crippen LogP contribution in [0.3, 0.4) is 0 Å². The fraction of sp³-hybridized carbons (Fsp3) is 0.400. The second-order valence-corrected chi connectivity index (χ2v) is 6.42. The number of hydrogen-bond acceptors (Lipinski definition) is 2. The summed E-state index contributed by atoms with van der Waals surface area (Å²) in [6.45, 7) is 10.8. The zero-order chi connectivity index (χ0) is 12.5. The Kier molecular flexibility index (Phi) is 3.43. The molecule has 1 aromatic carbocycles. The number of aryl methyl sites for hydroxylation is 1. The van der Waals surface area contributed by atoms with Crippen molar-refractivity contribution in [1.29, 1.82) is 0 Å². The van der Waals surface area contributed by atoms with E-state index < -0.39 is 0 Å². The first-order valence-corrected chi connectivity index (χ1v) is 6.80. The first-order valence-electron chi connectivity index (χ1n) is 5.99. The molecule has 1 aliphatic rings. The number of thioether (sulfide) groups is 1. The van der Waals surface area contributed by atoms with Gasteiger partial charge in [0, 0.05) is 0 Å². The average Bonchev–Trinajstić information content (AvgIpc) is 2.27. The van der Waals surface area contributed by atoms with Crippen LogP contribution in [0.4, 0.5) is 5.69 Å². The minimum absolute atomic E-state index is 0.247. The number of allylic oxidation sites excluding steroid dienone is 1.